The van der Waals surface area contributed by atoms with Gasteiger partial charge in [-0.15, -0.1) is 0 Å². The van der Waals surface area contributed by atoms with E-state index in [0.717, 1.165) is 11.2 Å². The average Bonchev–Trinajstić information content (AvgIpc) is 2.68. The van der Waals surface area contributed by atoms with E-state index >= 15 is 0 Å². The monoisotopic (exact) mass is 281 g/mol. The van der Waals surface area contributed by atoms with Gasteiger partial charge in [0.25, 0.3) is 0 Å². The number of carboxylic acid groups (broad SMARTS) is 1. The van der Waals surface area contributed by atoms with Crippen molar-refractivity contribution in [1.29, 1.82) is 0 Å². The van der Waals surface area contributed by atoms with Gasteiger partial charge in [-0.3, -0.25) is 4.79 Å². The number of hydrogen-bond donors (Lipinski definition) is 2. The van der Waals surface area contributed by atoms with Gasteiger partial charge in [0.15, 0.2) is 0 Å². The fourth-order valence-corrected chi connectivity index (χ4v) is 2.67. The van der Waals surface area contributed by atoms with Crippen molar-refractivity contribution >= 4 is 28.5 Å². The third-order valence-corrected chi connectivity index (χ3v) is 3.75. The Morgan fingerprint density at radius 3 is 2.58 bits per heavy atom. The van der Waals surface area contributed by atoms with Crippen LogP contribution >= 0.6 is 11.6 Å². The maximum Gasteiger partial charge on any atom is 0.313 e. The predicted octanol–water partition coefficient (Wildman–Crippen LogP) is 3.50. The van der Waals surface area contributed by atoms with Crippen molar-refractivity contribution in [2.75, 3.05) is 7.11 Å². The Morgan fingerprint density at radius 2 is 2.05 bits per heavy atom. The van der Waals surface area contributed by atoms with Gasteiger partial charge in [-0.1, -0.05) is 11.6 Å². The lowest BCUT2D eigenvalue weighted by molar-refractivity contribution is -0.142. The van der Waals surface area contributed by atoms with Crippen LogP contribution in [-0.2, 0) is 10.2 Å². The van der Waals surface area contributed by atoms with Gasteiger partial charge in [0, 0.05) is 11.1 Å². The van der Waals surface area contributed by atoms with Gasteiger partial charge in [0.2, 0.25) is 0 Å². The molecule has 0 saturated heterocycles. The highest BCUT2D eigenvalue weighted by atomic mass is 35.5. The fraction of sp³-hybridized carbons (Fsp3) is 0.357. The number of halogens is 1. The van der Waals surface area contributed by atoms with Crippen LogP contribution in [0.1, 0.15) is 25.1 Å². The van der Waals surface area contributed by atoms with E-state index in [1.807, 2.05) is 6.92 Å². The number of nitrogens with one attached hydrogen (secondary N) is 1. The van der Waals surface area contributed by atoms with Crippen LogP contribution in [0, 0.1) is 6.92 Å². The standard InChI is InChI=1S/C14H16ClNO3/c1-7-11(14(2,3)13(17)18)10-8(15)5-6-9(19-4)12(10)16-7/h5-6,16H,1-4H3,(H,17,18). The minimum absolute atomic E-state index is 0.518. The van der Waals surface area contributed by atoms with Crippen LogP contribution in [0.3, 0.4) is 0 Å². The van der Waals surface area contributed by atoms with E-state index in [-0.39, 0.29) is 0 Å². The molecule has 0 amide bonds. The highest BCUT2D eigenvalue weighted by Gasteiger charge is 2.35. The van der Waals surface area contributed by atoms with Gasteiger partial charge in [-0.25, -0.2) is 0 Å². The first-order valence-corrected chi connectivity index (χ1v) is 6.27. The van der Waals surface area contributed by atoms with Crippen molar-refractivity contribution in [2.45, 2.75) is 26.2 Å². The summed E-state index contributed by atoms with van der Waals surface area (Å²) in [5.74, 6) is -0.245. The number of ether oxygens (including phenoxy) is 1. The van der Waals surface area contributed by atoms with Crippen molar-refractivity contribution in [1.82, 2.24) is 4.98 Å². The lowest BCUT2D eigenvalue weighted by Gasteiger charge is -2.20. The SMILES string of the molecule is COc1ccc(Cl)c2c(C(C)(C)C(=O)O)c(C)[nH]c12. The number of aromatic amines is 1. The molecule has 0 saturated carbocycles. The molecule has 19 heavy (non-hydrogen) atoms. The summed E-state index contributed by atoms with van der Waals surface area (Å²) in [5, 5.41) is 10.7. The molecule has 0 bridgehead atoms. The van der Waals surface area contributed by atoms with Crippen molar-refractivity contribution < 1.29 is 14.6 Å². The number of carbonyl (C=O) groups is 1. The second-order valence-corrected chi connectivity index (χ2v) is 5.46. The minimum atomic E-state index is -1.03. The first kappa shape index (κ1) is 13.7. The molecule has 0 atom stereocenters. The summed E-state index contributed by atoms with van der Waals surface area (Å²) in [6.45, 7) is 5.18. The Hall–Kier alpha value is -1.68. The second kappa shape index (κ2) is 4.46. The molecule has 2 rings (SSSR count). The highest BCUT2D eigenvalue weighted by molar-refractivity contribution is 6.36. The number of aliphatic carboxylic acids is 1. The van der Waals surface area contributed by atoms with Gasteiger partial charge in [0.05, 0.1) is 23.1 Å². The molecule has 1 aromatic carbocycles. The van der Waals surface area contributed by atoms with Crippen LogP contribution in [0.25, 0.3) is 10.9 Å². The fourth-order valence-electron chi connectivity index (χ4n) is 2.42. The van der Waals surface area contributed by atoms with E-state index in [2.05, 4.69) is 4.98 Å². The lowest BCUT2D eigenvalue weighted by Crippen LogP contribution is -2.29. The van der Waals surface area contributed by atoms with Gasteiger partial charge >= 0.3 is 5.97 Å². The maximum absolute atomic E-state index is 11.5. The quantitative estimate of drug-likeness (QED) is 0.905. The van der Waals surface area contributed by atoms with Crippen molar-refractivity contribution in [3.8, 4) is 5.75 Å². The summed E-state index contributed by atoms with van der Waals surface area (Å²) in [5.41, 5.74) is 1.18. The molecule has 0 spiro atoms. The summed E-state index contributed by atoms with van der Waals surface area (Å²) in [7, 11) is 1.57. The Kier molecular flexibility index (Phi) is 3.22. The lowest BCUT2D eigenvalue weighted by atomic mass is 9.83. The second-order valence-electron chi connectivity index (χ2n) is 5.05. The van der Waals surface area contributed by atoms with Crippen molar-refractivity contribution in [3.05, 3.63) is 28.4 Å². The van der Waals surface area contributed by atoms with Crippen molar-refractivity contribution in [2.24, 2.45) is 0 Å². The normalized spacial score (nSPS) is 11.8. The number of rotatable bonds is 3. The zero-order valence-corrected chi connectivity index (χ0v) is 12.1. The number of hydrogen-bond acceptors (Lipinski definition) is 2. The number of benzene rings is 1. The molecule has 0 aliphatic heterocycles. The molecule has 102 valence electrons. The number of aromatic nitrogens is 1. The van der Waals surface area contributed by atoms with Crippen LogP contribution in [0.5, 0.6) is 5.75 Å². The molecule has 4 nitrogen and oxygen atoms in total. The molecule has 0 radical (unpaired) electrons. The first-order valence-electron chi connectivity index (χ1n) is 5.89. The van der Waals surface area contributed by atoms with E-state index < -0.39 is 11.4 Å². The van der Waals surface area contributed by atoms with Gasteiger partial charge < -0.3 is 14.8 Å². The Morgan fingerprint density at radius 1 is 1.42 bits per heavy atom. The summed E-state index contributed by atoms with van der Waals surface area (Å²) < 4.78 is 5.29. The van der Waals surface area contributed by atoms with Gasteiger partial charge in [-0.05, 0) is 38.5 Å². The maximum atomic E-state index is 11.5. The minimum Gasteiger partial charge on any atom is -0.495 e. The molecule has 2 N–H and O–H groups in total. The topological polar surface area (TPSA) is 62.3 Å². The third-order valence-electron chi connectivity index (χ3n) is 3.43. The average molecular weight is 282 g/mol. The number of H-pyrrole nitrogens is 1. The molecule has 0 unspecified atom stereocenters. The number of fused-ring (bicyclic) bond motifs is 1. The Bertz CT molecular complexity index is 658. The Labute approximate surface area is 116 Å². The van der Waals surface area contributed by atoms with Crippen LogP contribution < -0.4 is 4.74 Å². The van der Waals surface area contributed by atoms with E-state index in [1.165, 1.54) is 0 Å². The van der Waals surface area contributed by atoms with Crippen LogP contribution in [0.2, 0.25) is 5.02 Å². The van der Waals surface area contributed by atoms with E-state index in [0.29, 0.717) is 21.7 Å². The summed E-state index contributed by atoms with van der Waals surface area (Å²) in [6, 6.07) is 3.48. The molecule has 0 aliphatic carbocycles. The summed E-state index contributed by atoms with van der Waals surface area (Å²) in [6.07, 6.45) is 0. The summed E-state index contributed by atoms with van der Waals surface area (Å²) >= 11 is 6.25. The van der Waals surface area contributed by atoms with E-state index in [1.54, 1.807) is 33.1 Å². The first-order chi connectivity index (χ1) is 8.80. The molecule has 2 aromatic rings. The van der Waals surface area contributed by atoms with Crippen LogP contribution in [-0.4, -0.2) is 23.2 Å². The highest BCUT2D eigenvalue weighted by Crippen LogP contribution is 2.40. The third kappa shape index (κ3) is 1.96. The molecular weight excluding hydrogens is 266 g/mol. The number of methoxy groups -OCH3 is 1. The van der Waals surface area contributed by atoms with E-state index in [9.17, 15) is 9.90 Å². The summed E-state index contributed by atoms with van der Waals surface area (Å²) in [4.78, 5) is 14.7. The zero-order chi connectivity index (χ0) is 14.4. The molecule has 1 heterocycles. The van der Waals surface area contributed by atoms with Crippen LogP contribution in [0.15, 0.2) is 12.1 Å². The largest absolute Gasteiger partial charge is 0.495 e. The number of aryl methyl sites for hydroxylation is 1. The predicted molar refractivity (Wildman–Crippen MR) is 75.3 cm³/mol. The van der Waals surface area contributed by atoms with Crippen LogP contribution in [0.4, 0.5) is 0 Å². The molecular formula is C14H16ClNO3. The zero-order valence-electron chi connectivity index (χ0n) is 11.3. The number of carboxylic acids is 1. The van der Waals surface area contributed by atoms with Gasteiger partial charge in [0.1, 0.15) is 5.75 Å². The molecule has 5 heteroatoms. The Balaban J connectivity index is 2.90. The molecule has 1 aromatic heterocycles. The smallest absolute Gasteiger partial charge is 0.313 e. The molecule has 0 fully saturated rings. The van der Waals surface area contributed by atoms with Gasteiger partial charge in [-0.2, -0.15) is 0 Å². The van der Waals surface area contributed by atoms with E-state index in [4.69, 9.17) is 16.3 Å². The van der Waals surface area contributed by atoms with Crippen molar-refractivity contribution in [3.63, 3.8) is 0 Å². The molecule has 0 aliphatic rings.